The zero-order chi connectivity index (χ0) is 44.0. The predicted molar refractivity (Wildman–Crippen MR) is 243 cm³/mol. The standard InChI is InChI=1S/C55H82O7/c1-7-11-42-53-32-31-52-23-10-14-39(16-15-38-12-8-9-13-38)21-24-51(43-35-48(3,46(58)59)26-25-47(43,2)27-28-49(51,52)4)30-29-50(52,5)54(53,37-56)44(57)36-55(42,60)62-45(53)34-41-19-17-40(18-20-41)22-33-61-6/h17-20,38-39,42-45,56-57,60H,7-9,11-16,21-22,24-37H2,1-6H3,(H,58,59)/t39-,42+,43+,44+,45-,47+,48+,49-,50+,51-,52+,53+,54-,55-/m0/s1. The largest absolute Gasteiger partial charge is 0.481 e. The Morgan fingerprint density at radius 2 is 1.53 bits per heavy atom. The highest BCUT2D eigenvalue weighted by atomic mass is 16.6. The Balaban J connectivity index is 1.21. The Hall–Kier alpha value is -1.95. The van der Waals surface area contributed by atoms with Crippen LogP contribution in [0.15, 0.2) is 24.3 Å². The van der Waals surface area contributed by atoms with Crippen LogP contribution in [0.1, 0.15) is 181 Å². The van der Waals surface area contributed by atoms with E-state index in [1.165, 1.54) is 44.1 Å². The number of carboxylic acid groups (broad SMARTS) is 1. The molecule has 4 N–H and O–H groups in total. The van der Waals surface area contributed by atoms with Gasteiger partial charge in [0.1, 0.15) is 0 Å². The number of hydrogen-bond donors (Lipinski definition) is 4. The second-order valence-electron chi connectivity index (χ2n) is 24.1. The van der Waals surface area contributed by atoms with Crippen LogP contribution in [-0.4, -0.2) is 64.7 Å². The number of benzene rings is 1. The molecule has 62 heavy (non-hydrogen) atoms. The Morgan fingerprint density at radius 1 is 0.839 bits per heavy atom. The van der Waals surface area contributed by atoms with E-state index in [4.69, 9.17) is 9.47 Å². The van der Waals surface area contributed by atoms with E-state index in [-0.39, 0.29) is 47.2 Å². The van der Waals surface area contributed by atoms with Gasteiger partial charge in [-0.1, -0.05) is 96.4 Å². The van der Waals surface area contributed by atoms with E-state index >= 15 is 0 Å². The molecule has 0 radical (unpaired) electrons. The molecule has 7 heteroatoms. The van der Waals surface area contributed by atoms with E-state index in [1.807, 2.05) is 6.92 Å². The number of carbonyl (C=O) groups is 1. The van der Waals surface area contributed by atoms with Crippen LogP contribution in [0.4, 0.5) is 0 Å². The maximum absolute atomic E-state index is 13.2. The van der Waals surface area contributed by atoms with Gasteiger partial charge in [0.05, 0.1) is 30.8 Å². The van der Waals surface area contributed by atoms with E-state index in [1.54, 1.807) is 7.11 Å². The summed E-state index contributed by atoms with van der Waals surface area (Å²) in [5.41, 5.74) is -1.53. The molecular weight excluding hydrogens is 773 g/mol. The molecule has 0 amide bonds. The molecule has 4 bridgehead atoms. The summed E-state index contributed by atoms with van der Waals surface area (Å²) in [7, 11) is 1.73. The molecule has 6 saturated carbocycles. The second kappa shape index (κ2) is 15.8. The van der Waals surface area contributed by atoms with E-state index in [9.17, 15) is 25.2 Å². The molecule has 1 aliphatic heterocycles. The number of carboxylic acids is 1. The Morgan fingerprint density at radius 3 is 2.23 bits per heavy atom. The molecule has 2 spiro atoms. The zero-order valence-corrected chi connectivity index (χ0v) is 39.5. The number of methoxy groups -OCH3 is 1. The van der Waals surface area contributed by atoms with Gasteiger partial charge < -0.3 is 29.9 Å². The van der Waals surface area contributed by atoms with Crippen molar-refractivity contribution in [1.29, 1.82) is 0 Å². The minimum Gasteiger partial charge on any atom is -0.481 e. The highest BCUT2D eigenvalue weighted by Crippen LogP contribution is 2.88. The molecule has 1 saturated heterocycles. The van der Waals surface area contributed by atoms with Gasteiger partial charge in [0.25, 0.3) is 0 Å². The summed E-state index contributed by atoms with van der Waals surface area (Å²) in [4.78, 5) is 13.2. The Kier molecular flexibility index (Phi) is 11.6. The molecule has 8 aliphatic rings. The predicted octanol–water partition coefficient (Wildman–Crippen LogP) is 10.7. The number of aliphatic carboxylic acids is 1. The van der Waals surface area contributed by atoms with Crippen LogP contribution in [0.5, 0.6) is 0 Å². The van der Waals surface area contributed by atoms with Crippen molar-refractivity contribution in [2.45, 2.75) is 200 Å². The van der Waals surface area contributed by atoms with Crippen LogP contribution in [0.25, 0.3) is 0 Å². The van der Waals surface area contributed by atoms with Crippen LogP contribution < -0.4 is 0 Å². The molecule has 7 aliphatic carbocycles. The van der Waals surface area contributed by atoms with E-state index < -0.39 is 44.9 Å². The highest BCUT2D eigenvalue weighted by Gasteiger charge is 2.87. The lowest BCUT2D eigenvalue weighted by molar-refractivity contribution is -0.357. The van der Waals surface area contributed by atoms with Crippen LogP contribution in [-0.2, 0) is 27.1 Å². The van der Waals surface area contributed by atoms with Gasteiger partial charge in [-0.15, -0.1) is 5.92 Å². The van der Waals surface area contributed by atoms with Crippen molar-refractivity contribution in [2.24, 2.45) is 67.0 Å². The summed E-state index contributed by atoms with van der Waals surface area (Å²) in [6, 6.07) is 8.77. The van der Waals surface area contributed by atoms with Gasteiger partial charge in [-0.3, -0.25) is 4.79 Å². The molecular formula is C55H82O7. The number of aliphatic hydroxyl groups excluding tert-OH is 2. The maximum Gasteiger partial charge on any atom is 0.309 e. The fourth-order valence-corrected chi connectivity index (χ4v) is 18.6. The zero-order valence-electron chi connectivity index (χ0n) is 39.5. The summed E-state index contributed by atoms with van der Waals surface area (Å²) in [5.74, 6) is 7.56. The van der Waals surface area contributed by atoms with Crippen molar-refractivity contribution in [3.63, 3.8) is 0 Å². The van der Waals surface area contributed by atoms with Crippen LogP contribution in [0.2, 0.25) is 0 Å². The summed E-state index contributed by atoms with van der Waals surface area (Å²) >= 11 is 0. The third-order valence-corrected chi connectivity index (χ3v) is 22.1. The van der Waals surface area contributed by atoms with Gasteiger partial charge in [-0.05, 0) is 154 Å². The normalized spacial score (nSPS) is 48.3. The number of ether oxygens (including phenoxy) is 2. The summed E-state index contributed by atoms with van der Waals surface area (Å²) < 4.78 is 12.5. The first-order valence-electron chi connectivity index (χ1n) is 25.5. The van der Waals surface area contributed by atoms with E-state index in [0.29, 0.717) is 25.4 Å². The fourth-order valence-electron chi connectivity index (χ4n) is 18.6. The van der Waals surface area contributed by atoms with E-state index in [2.05, 4.69) is 63.8 Å². The van der Waals surface area contributed by atoms with Gasteiger partial charge >= 0.3 is 5.97 Å². The van der Waals surface area contributed by atoms with Gasteiger partial charge in [0.2, 0.25) is 0 Å². The van der Waals surface area contributed by atoms with Crippen LogP contribution >= 0.6 is 0 Å². The van der Waals surface area contributed by atoms with Crippen LogP contribution in [0, 0.1) is 78.8 Å². The first-order valence-corrected chi connectivity index (χ1v) is 25.5. The SMILES string of the molecule is CCC[C@@H]1[C@@]23CC[C@@]45C#CC[C@@H](CCC6CCCC6)CC[C@]6(CC[C@@]4(C)[C@]2(CO)[C@H](O)C[C@]1(O)O[C@H]3Cc1ccc(CCOC)cc1)[C@@H]1C[C@](C)(C(=O)O)CC[C@]1(C)CC[C@@]65C. The molecule has 7 fully saturated rings. The van der Waals surface area contributed by atoms with Gasteiger partial charge in [-0.2, -0.15) is 0 Å². The lowest BCUT2D eigenvalue weighted by Gasteiger charge is -2.81. The van der Waals surface area contributed by atoms with Crippen molar-refractivity contribution in [3.8, 4) is 11.8 Å². The molecule has 7 nitrogen and oxygen atoms in total. The number of aliphatic hydroxyl groups is 3. The lowest BCUT2D eigenvalue weighted by Crippen LogP contribution is -2.80. The smallest absolute Gasteiger partial charge is 0.309 e. The van der Waals surface area contributed by atoms with Crippen molar-refractivity contribution >= 4 is 5.97 Å². The summed E-state index contributed by atoms with van der Waals surface area (Å²) in [6.45, 7) is 12.3. The molecule has 0 unspecified atom stereocenters. The lowest BCUT2D eigenvalue weighted by atomic mass is 9.21. The minimum absolute atomic E-state index is 0.0609. The third-order valence-electron chi connectivity index (χ3n) is 22.1. The number of fused-ring (bicyclic) bond motifs is 3. The Bertz CT molecular complexity index is 1900. The molecule has 1 aromatic rings. The molecule has 14 atom stereocenters. The van der Waals surface area contributed by atoms with Crippen molar-refractivity contribution in [3.05, 3.63) is 35.4 Å². The Labute approximate surface area is 374 Å². The molecule has 1 heterocycles. The highest BCUT2D eigenvalue weighted by molar-refractivity contribution is 5.74. The molecule has 344 valence electrons. The maximum atomic E-state index is 13.2. The van der Waals surface area contributed by atoms with Gasteiger partial charge in [-0.25, -0.2) is 0 Å². The quantitative estimate of drug-likeness (QED) is 0.155. The van der Waals surface area contributed by atoms with Crippen molar-refractivity contribution in [2.75, 3.05) is 20.3 Å². The summed E-state index contributed by atoms with van der Waals surface area (Å²) in [6.07, 6.45) is 20.7. The molecule has 9 rings (SSSR count). The number of rotatable bonds is 12. The van der Waals surface area contributed by atoms with E-state index in [0.717, 1.165) is 101 Å². The van der Waals surface area contributed by atoms with Gasteiger partial charge in [0, 0.05) is 42.1 Å². The van der Waals surface area contributed by atoms with Crippen molar-refractivity contribution < 1.29 is 34.7 Å². The summed E-state index contributed by atoms with van der Waals surface area (Å²) in [5, 5.41) is 49.5. The first kappa shape index (κ1) is 45.2. The fraction of sp³-hybridized carbons (Fsp3) is 0.836. The third kappa shape index (κ3) is 6.03. The second-order valence-corrected chi connectivity index (χ2v) is 24.1. The van der Waals surface area contributed by atoms with Crippen LogP contribution in [0.3, 0.4) is 0 Å². The average molecular weight is 855 g/mol. The van der Waals surface area contributed by atoms with Gasteiger partial charge in [0.15, 0.2) is 5.79 Å². The average Bonchev–Trinajstić information content (AvgIpc) is 3.83. The topological polar surface area (TPSA) is 116 Å². The van der Waals surface area contributed by atoms with Crippen molar-refractivity contribution in [1.82, 2.24) is 0 Å². The molecule has 1 aromatic carbocycles. The first-order chi connectivity index (χ1) is 29.5. The number of hydrogen-bond acceptors (Lipinski definition) is 6. The minimum atomic E-state index is -1.48. The monoisotopic (exact) mass is 855 g/mol. The molecule has 0 aromatic heterocycles.